The van der Waals surface area contributed by atoms with Crippen LogP contribution in [0.4, 0.5) is 11.4 Å². The zero-order chi connectivity index (χ0) is 20.7. The SMILES string of the molecule is Nc1ccc(C(=O)Nc2ccc(S(=O)(=O)[O-])c3cccc(S(=O)(=O)[O-])c23)cc1.[Na+].[Na+]. The van der Waals surface area contributed by atoms with E-state index in [9.17, 15) is 30.7 Å². The second-order valence-corrected chi connectivity index (χ2v) is 8.47. The van der Waals surface area contributed by atoms with Crippen molar-refractivity contribution < 1.29 is 89.9 Å². The molecule has 0 unspecified atom stereocenters. The van der Waals surface area contributed by atoms with E-state index >= 15 is 0 Å². The number of nitrogens with one attached hydrogen (secondary N) is 1. The molecule has 0 saturated carbocycles. The smallest absolute Gasteiger partial charge is 0.744 e. The van der Waals surface area contributed by atoms with Gasteiger partial charge in [0.15, 0.2) is 0 Å². The minimum atomic E-state index is -5.03. The molecule has 0 spiro atoms. The molecule has 0 heterocycles. The Morgan fingerprint density at radius 3 is 1.90 bits per heavy atom. The van der Waals surface area contributed by atoms with E-state index < -0.39 is 35.9 Å². The first-order valence-electron chi connectivity index (χ1n) is 7.63. The van der Waals surface area contributed by atoms with Gasteiger partial charge in [-0.1, -0.05) is 12.1 Å². The molecule has 0 atom stereocenters. The fourth-order valence-corrected chi connectivity index (χ4v) is 4.10. The minimum absolute atomic E-state index is 0. The van der Waals surface area contributed by atoms with Crippen LogP contribution in [-0.4, -0.2) is 31.8 Å². The third-order valence-corrected chi connectivity index (χ3v) is 5.70. The number of hydrogen-bond donors (Lipinski definition) is 2. The number of fused-ring (bicyclic) bond motifs is 1. The molecular weight excluding hydrogens is 454 g/mol. The van der Waals surface area contributed by atoms with Crippen molar-refractivity contribution in [1.29, 1.82) is 0 Å². The van der Waals surface area contributed by atoms with E-state index in [1.54, 1.807) is 0 Å². The Balaban J connectivity index is 0.00000225. The Hall–Kier alpha value is -0.990. The number of carbonyl (C=O) groups excluding carboxylic acids is 1. The monoisotopic (exact) mass is 466 g/mol. The molecule has 0 aliphatic heterocycles. The largest absolute Gasteiger partial charge is 1.00 e. The van der Waals surface area contributed by atoms with Crippen LogP contribution in [-0.2, 0) is 20.2 Å². The van der Waals surface area contributed by atoms with Gasteiger partial charge in [-0.15, -0.1) is 0 Å². The summed E-state index contributed by atoms with van der Waals surface area (Å²) in [5, 5.41) is 1.78. The Labute approximate surface area is 217 Å². The van der Waals surface area contributed by atoms with Crippen molar-refractivity contribution in [3.63, 3.8) is 0 Å². The number of carbonyl (C=O) groups is 1. The van der Waals surface area contributed by atoms with E-state index in [1.165, 1.54) is 30.3 Å². The summed E-state index contributed by atoms with van der Waals surface area (Å²) in [5.41, 5.74) is 6.03. The third-order valence-electron chi connectivity index (χ3n) is 3.92. The molecule has 146 valence electrons. The summed E-state index contributed by atoms with van der Waals surface area (Å²) in [6, 6.07) is 11.1. The van der Waals surface area contributed by atoms with Gasteiger partial charge in [0.2, 0.25) is 0 Å². The zero-order valence-electron chi connectivity index (χ0n) is 15.9. The Morgan fingerprint density at radius 2 is 1.37 bits per heavy atom. The standard InChI is InChI=1S/C17H14N2O7S2.2Na/c18-11-6-4-10(5-7-11)17(20)19-13-8-9-14(27(21,22)23)12-2-1-3-15(16(12)13)28(24,25)26;;/h1-9H,18H2,(H,19,20)(H,21,22,23)(H,24,25,26);;/q;2*+1/p-2. The quantitative estimate of drug-likeness (QED) is 0.220. The average molecular weight is 466 g/mol. The number of amides is 1. The van der Waals surface area contributed by atoms with Crippen LogP contribution in [0.3, 0.4) is 0 Å². The van der Waals surface area contributed by atoms with Crippen molar-refractivity contribution in [2.75, 3.05) is 11.1 Å². The molecule has 0 radical (unpaired) electrons. The Morgan fingerprint density at radius 1 is 0.800 bits per heavy atom. The molecule has 9 nitrogen and oxygen atoms in total. The summed E-state index contributed by atoms with van der Waals surface area (Å²) in [6.45, 7) is 0. The van der Waals surface area contributed by atoms with E-state index in [2.05, 4.69) is 5.32 Å². The van der Waals surface area contributed by atoms with Gasteiger partial charge < -0.3 is 20.2 Å². The van der Waals surface area contributed by atoms with Crippen molar-refractivity contribution in [3.05, 3.63) is 60.2 Å². The van der Waals surface area contributed by atoms with Crippen LogP contribution in [0.15, 0.2) is 64.4 Å². The summed E-state index contributed by atoms with van der Waals surface area (Å²) < 4.78 is 69.5. The Bertz CT molecular complexity index is 1310. The summed E-state index contributed by atoms with van der Waals surface area (Å²) in [5.74, 6) is -0.655. The number of nitrogens with two attached hydrogens (primary N) is 1. The van der Waals surface area contributed by atoms with Gasteiger partial charge in [0.1, 0.15) is 20.2 Å². The number of anilines is 2. The molecule has 13 heteroatoms. The summed E-state index contributed by atoms with van der Waals surface area (Å²) in [6.07, 6.45) is 0. The molecule has 0 fully saturated rings. The first-order chi connectivity index (χ1) is 13.0. The van der Waals surface area contributed by atoms with Gasteiger partial charge in [-0.2, -0.15) is 0 Å². The van der Waals surface area contributed by atoms with Crippen LogP contribution in [0.2, 0.25) is 0 Å². The molecule has 1 amide bonds. The molecule has 0 saturated heterocycles. The second-order valence-electron chi connectivity index (χ2n) is 5.77. The van der Waals surface area contributed by atoms with E-state index in [0.29, 0.717) is 5.69 Å². The van der Waals surface area contributed by atoms with Crippen LogP contribution >= 0.6 is 0 Å². The van der Waals surface area contributed by atoms with Gasteiger partial charge >= 0.3 is 59.1 Å². The number of benzene rings is 3. The van der Waals surface area contributed by atoms with E-state index in [1.807, 2.05) is 0 Å². The fourth-order valence-electron chi connectivity index (χ4n) is 2.71. The van der Waals surface area contributed by atoms with Crippen molar-refractivity contribution in [3.8, 4) is 0 Å². The van der Waals surface area contributed by atoms with Crippen LogP contribution in [0, 0.1) is 0 Å². The zero-order valence-corrected chi connectivity index (χ0v) is 21.6. The molecule has 3 N–H and O–H groups in total. The van der Waals surface area contributed by atoms with Gasteiger partial charge in [0, 0.05) is 22.0 Å². The molecular formula is C17H12N2Na2O7S2. The third kappa shape index (κ3) is 5.82. The number of rotatable bonds is 4. The molecule has 0 aliphatic rings. The molecule has 3 aromatic rings. The molecule has 0 bridgehead atoms. The second kappa shape index (κ2) is 10.1. The summed E-state index contributed by atoms with van der Waals surface area (Å²) in [4.78, 5) is 11.0. The fraction of sp³-hybridized carbons (Fsp3) is 0. The first-order valence-corrected chi connectivity index (χ1v) is 10.4. The van der Waals surface area contributed by atoms with Crippen LogP contribution in [0.25, 0.3) is 10.8 Å². The summed E-state index contributed by atoms with van der Waals surface area (Å²) in [7, 11) is -10.0. The van der Waals surface area contributed by atoms with E-state index in [-0.39, 0.29) is 81.1 Å². The maximum absolute atomic E-state index is 12.5. The van der Waals surface area contributed by atoms with Gasteiger partial charge in [-0.3, -0.25) is 4.79 Å². The molecule has 3 aromatic carbocycles. The van der Waals surface area contributed by atoms with E-state index in [0.717, 1.165) is 24.3 Å². The number of nitrogen functional groups attached to an aromatic ring is 1. The minimum Gasteiger partial charge on any atom is -0.744 e. The molecule has 0 aliphatic carbocycles. The van der Waals surface area contributed by atoms with Gasteiger partial charge in [-0.05, 0) is 42.5 Å². The van der Waals surface area contributed by atoms with Crippen molar-refractivity contribution in [2.45, 2.75) is 9.79 Å². The number of hydrogen-bond acceptors (Lipinski definition) is 8. The average Bonchev–Trinajstić information content (AvgIpc) is 2.60. The molecule has 0 aromatic heterocycles. The van der Waals surface area contributed by atoms with Gasteiger partial charge in [-0.25, -0.2) is 16.8 Å². The van der Waals surface area contributed by atoms with Crippen LogP contribution in [0.5, 0.6) is 0 Å². The molecule has 3 rings (SSSR count). The van der Waals surface area contributed by atoms with Crippen LogP contribution < -0.4 is 70.2 Å². The normalized spacial score (nSPS) is 11.3. The maximum Gasteiger partial charge on any atom is 1.00 e. The summed E-state index contributed by atoms with van der Waals surface area (Å²) >= 11 is 0. The predicted octanol–water partition coefficient (Wildman–Crippen LogP) is -4.51. The molecule has 30 heavy (non-hydrogen) atoms. The first kappa shape index (κ1) is 27.0. The predicted molar refractivity (Wildman–Crippen MR) is 98.7 cm³/mol. The Kier molecular flexibility index (Phi) is 9.09. The van der Waals surface area contributed by atoms with Crippen molar-refractivity contribution in [1.82, 2.24) is 0 Å². The topological polar surface area (TPSA) is 170 Å². The van der Waals surface area contributed by atoms with Gasteiger partial charge in [0.25, 0.3) is 5.91 Å². The van der Waals surface area contributed by atoms with Crippen molar-refractivity contribution in [2.24, 2.45) is 0 Å². The van der Waals surface area contributed by atoms with Crippen LogP contribution in [0.1, 0.15) is 10.4 Å². The van der Waals surface area contributed by atoms with E-state index in [4.69, 9.17) is 5.73 Å². The van der Waals surface area contributed by atoms with Gasteiger partial charge in [0.05, 0.1) is 15.5 Å². The maximum atomic E-state index is 12.5. The van der Waals surface area contributed by atoms with Crippen molar-refractivity contribution >= 4 is 48.3 Å².